The maximum Gasteiger partial charge on any atom is 0.407 e. The maximum absolute atomic E-state index is 11.2. The number of carbonyl (C=O) groups excluding carboxylic acids is 2. The van der Waals surface area contributed by atoms with Crippen LogP contribution in [0.2, 0.25) is 0 Å². The molecule has 5 heteroatoms. The second-order valence-corrected chi connectivity index (χ2v) is 5.02. The van der Waals surface area contributed by atoms with Gasteiger partial charge >= 0.3 is 12.1 Å². The van der Waals surface area contributed by atoms with E-state index in [1.54, 1.807) is 0 Å². The molecule has 0 aromatic carbocycles. The molecule has 1 aliphatic rings. The van der Waals surface area contributed by atoms with Gasteiger partial charge < -0.3 is 14.8 Å². The van der Waals surface area contributed by atoms with Gasteiger partial charge in [-0.3, -0.25) is 4.79 Å². The van der Waals surface area contributed by atoms with E-state index in [0.29, 0.717) is 6.42 Å². The molecule has 1 aliphatic heterocycles. The molecule has 1 amide bonds. The predicted octanol–water partition coefficient (Wildman–Crippen LogP) is 2.16. The number of ether oxygens (including phenoxy) is 2. The lowest BCUT2D eigenvalue weighted by Gasteiger charge is -2.33. The lowest BCUT2D eigenvalue weighted by Crippen LogP contribution is -2.50. The van der Waals surface area contributed by atoms with E-state index in [0.717, 1.165) is 6.42 Å². The van der Waals surface area contributed by atoms with Crippen LogP contribution in [0.1, 0.15) is 40.5 Å². The van der Waals surface area contributed by atoms with Crippen LogP contribution in [0.25, 0.3) is 0 Å². The first-order valence-corrected chi connectivity index (χ1v) is 6.10. The van der Waals surface area contributed by atoms with Gasteiger partial charge in [-0.2, -0.15) is 0 Å². The number of cyclic esters (lactones) is 1. The highest BCUT2D eigenvalue weighted by atomic mass is 16.6. The molecule has 18 heavy (non-hydrogen) atoms. The van der Waals surface area contributed by atoms with Crippen molar-refractivity contribution in [1.29, 1.82) is 0 Å². The molecule has 0 aromatic rings. The minimum Gasteiger partial charge on any atom is -0.457 e. The molecular formula is C13H21NO4. The Kier molecular flexibility index (Phi) is 4.76. The Hall–Kier alpha value is -1.52. The standard InChI is InChI=1S/C13H21NO4/c1-9(2)6-5-7-13(4,18-10(3)15)11-8-17-12(16)14-11/h6,11H,5,7-8H2,1-4H3,(H,14,16)/t11-,13-/m1/s1. The van der Waals surface area contributed by atoms with E-state index in [9.17, 15) is 9.59 Å². The highest BCUT2D eigenvalue weighted by Crippen LogP contribution is 2.26. The van der Waals surface area contributed by atoms with E-state index < -0.39 is 11.7 Å². The number of alkyl carbamates (subject to hydrolysis) is 1. The highest BCUT2D eigenvalue weighted by molar-refractivity contribution is 5.70. The number of allylic oxidation sites excluding steroid dienone is 2. The number of rotatable bonds is 5. The Morgan fingerprint density at radius 3 is 2.67 bits per heavy atom. The Morgan fingerprint density at radius 1 is 1.56 bits per heavy atom. The van der Waals surface area contributed by atoms with Crippen molar-refractivity contribution in [3.8, 4) is 0 Å². The van der Waals surface area contributed by atoms with Gasteiger partial charge in [-0.15, -0.1) is 0 Å². The summed E-state index contributed by atoms with van der Waals surface area (Å²) in [5.41, 5.74) is 0.483. The van der Waals surface area contributed by atoms with Gasteiger partial charge in [-0.05, 0) is 33.6 Å². The predicted molar refractivity (Wildman–Crippen MR) is 67.1 cm³/mol. The van der Waals surface area contributed by atoms with E-state index in [1.165, 1.54) is 12.5 Å². The zero-order valence-corrected chi connectivity index (χ0v) is 11.4. The Morgan fingerprint density at radius 2 is 2.22 bits per heavy atom. The summed E-state index contributed by atoms with van der Waals surface area (Å²) in [4.78, 5) is 22.3. The van der Waals surface area contributed by atoms with Gasteiger partial charge in [0.25, 0.3) is 0 Å². The van der Waals surface area contributed by atoms with Gasteiger partial charge in [-0.25, -0.2) is 4.79 Å². The van der Waals surface area contributed by atoms with Gasteiger partial charge in [0.1, 0.15) is 18.2 Å². The third-order valence-electron chi connectivity index (χ3n) is 2.98. The normalized spacial score (nSPS) is 21.6. The SMILES string of the molecule is CC(=O)O[C@](C)(CCC=C(C)C)[C@H]1COC(=O)N1. The van der Waals surface area contributed by atoms with Crippen molar-refractivity contribution in [2.45, 2.75) is 52.2 Å². The van der Waals surface area contributed by atoms with E-state index >= 15 is 0 Å². The lowest BCUT2D eigenvalue weighted by atomic mass is 9.91. The van der Waals surface area contributed by atoms with Crippen molar-refractivity contribution in [2.24, 2.45) is 0 Å². The lowest BCUT2D eigenvalue weighted by molar-refractivity contribution is -0.158. The maximum atomic E-state index is 11.2. The number of hydrogen-bond donors (Lipinski definition) is 1. The summed E-state index contributed by atoms with van der Waals surface area (Å²) in [5, 5.41) is 2.68. The van der Waals surface area contributed by atoms with Crippen LogP contribution in [0.3, 0.4) is 0 Å². The molecule has 1 heterocycles. The summed E-state index contributed by atoms with van der Waals surface area (Å²) in [7, 11) is 0. The molecule has 1 rings (SSSR count). The zero-order valence-electron chi connectivity index (χ0n) is 11.4. The van der Waals surface area contributed by atoms with Gasteiger partial charge in [0.05, 0.1) is 0 Å². The molecule has 2 atom stereocenters. The zero-order chi connectivity index (χ0) is 13.8. The molecule has 0 aliphatic carbocycles. The molecular weight excluding hydrogens is 234 g/mol. The van der Waals surface area contributed by atoms with E-state index in [1.807, 2.05) is 20.8 Å². The number of carbonyl (C=O) groups is 2. The van der Waals surface area contributed by atoms with Gasteiger partial charge in [0.15, 0.2) is 0 Å². The van der Waals surface area contributed by atoms with E-state index in [2.05, 4.69) is 11.4 Å². The number of nitrogens with one attached hydrogen (secondary N) is 1. The van der Waals surface area contributed by atoms with Crippen molar-refractivity contribution < 1.29 is 19.1 Å². The Labute approximate surface area is 108 Å². The van der Waals surface area contributed by atoms with Crippen LogP contribution in [0.5, 0.6) is 0 Å². The molecule has 0 bridgehead atoms. The van der Waals surface area contributed by atoms with Crippen molar-refractivity contribution in [1.82, 2.24) is 5.32 Å². The largest absolute Gasteiger partial charge is 0.457 e. The molecule has 0 saturated carbocycles. The first-order valence-electron chi connectivity index (χ1n) is 6.10. The molecule has 0 aromatic heterocycles. The summed E-state index contributed by atoms with van der Waals surface area (Å²) in [5.74, 6) is -0.351. The average Bonchev–Trinajstić information content (AvgIpc) is 2.63. The minimum absolute atomic E-state index is 0.234. The van der Waals surface area contributed by atoms with E-state index in [-0.39, 0.29) is 18.6 Å². The molecule has 0 unspecified atom stereocenters. The van der Waals surface area contributed by atoms with Crippen LogP contribution in [0.4, 0.5) is 4.79 Å². The first kappa shape index (κ1) is 14.5. The quantitative estimate of drug-likeness (QED) is 0.604. The average molecular weight is 255 g/mol. The summed E-state index contributed by atoms with van der Waals surface area (Å²) >= 11 is 0. The summed E-state index contributed by atoms with van der Waals surface area (Å²) < 4.78 is 10.3. The monoisotopic (exact) mass is 255 g/mol. The number of esters is 1. The number of amides is 1. The van der Waals surface area contributed by atoms with Crippen LogP contribution in [0.15, 0.2) is 11.6 Å². The molecule has 102 valence electrons. The van der Waals surface area contributed by atoms with Crippen LogP contribution in [-0.2, 0) is 14.3 Å². The van der Waals surface area contributed by atoms with Gasteiger partial charge in [0.2, 0.25) is 0 Å². The van der Waals surface area contributed by atoms with Gasteiger partial charge in [-0.1, -0.05) is 11.6 Å². The molecule has 0 spiro atoms. The Balaban J connectivity index is 2.71. The number of hydrogen-bond acceptors (Lipinski definition) is 4. The molecule has 5 nitrogen and oxygen atoms in total. The van der Waals surface area contributed by atoms with Gasteiger partial charge in [0, 0.05) is 6.92 Å². The van der Waals surface area contributed by atoms with Crippen molar-refractivity contribution in [3.05, 3.63) is 11.6 Å². The molecule has 0 radical (unpaired) electrons. The summed E-state index contributed by atoms with van der Waals surface area (Å²) in [6.45, 7) is 7.47. The van der Waals surface area contributed by atoms with Crippen LogP contribution >= 0.6 is 0 Å². The van der Waals surface area contributed by atoms with Crippen LogP contribution in [0, 0.1) is 0 Å². The summed E-state index contributed by atoms with van der Waals surface area (Å²) in [6, 6.07) is -0.292. The Bertz CT molecular complexity index is 360. The molecule has 1 fully saturated rings. The fraction of sp³-hybridized carbons (Fsp3) is 0.692. The summed E-state index contributed by atoms with van der Waals surface area (Å²) in [6.07, 6.45) is 3.06. The van der Waals surface area contributed by atoms with E-state index in [4.69, 9.17) is 9.47 Å². The van der Waals surface area contributed by atoms with Crippen molar-refractivity contribution in [3.63, 3.8) is 0 Å². The van der Waals surface area contributed by atoms with Crippen molar-refractivity contribution in [2.75, 3.05) is 6.61 Å². The fourth-order valence-corrected chi connectivity index (χ4v) is 1.99. The highest BCUT2D eigenvalue weighted by Gasteiger charge is 2.42. The molecule has 1 saturated heterocycles. The van der Waals surface area contributed by atoms with Crippen LogP contribution < -0.4 is 5.32 Å². The second-order valence-electron chi connectivity index (χ2n) is 5.02. The second kappa shape index (κ2) is 5.89. The fourth-order valence-electron chi connectivity index (χ4n) is 1.99. The third kappa shape index (κ3) is 4.05. The molecule has 1 N–H and O–H groups in total. The third-order valence-corrected chi connectivity index (χ3v) is 2.98. The topological polar surface area (TPSA) is 64.6 Å². The smallest absolute Gasteiger partial charge is 0.407 e. The minimum atomic E-state index is -0.732. The van der Waals surface area contributed by atoms with Crippen molar-refractivity contribution >= 4 is 12.1 Å². The van der Waals surface area contributed by atoms with Crippen LogP contribution in [-0.4, -0.2) is 30.3 Å². The first-order chi connectivity index (χ1) is 8.33.